The Kier molecular flexibility index (Phi) is 5.36. The van der Waals surface area contributed by atoms with Crippen LogP contribution in [0.15, 0.2) is 40.9 Å². The molecule has 112 valence electrons. The lowest BCUT2D eigenvalue weighted by molar-refractivity contribution is -0.0521. The summed E-state index contributed by atoms with van der Waals surface area (Å²) < 4.78 is 42.4. The quantitative estimate of drug-likeness (QED) is 0.744. The van der Waals surface area contributed by atoms with E-state index in [1.165, 1.54) is 6.07 Å². The molecular formula is C14H10BrClF3NO. The Balaban J connectivity index is 2.03. The molecule has 0 atom stereocenters. The highest BCUT2D eigenvalue weighted by atomic mass is 79.9. The van der Waals surface area contributed by atoms with Gasteiger partial charge >= 0.3 is 6.61 Å². The van der Waals surface area contributed by atoms with Crippen LogP contribution in [-0.2, 0) is 6.54 Å². The molecule has 21 heavy (non-hydrogen) atoms. The Bertz CT molecular complexity index is 640. The molecule has 0 aliphatic carbocycles. The van der Waals surface area contributed by atoms with Crippen molar-refractivity contribution in [3.05, 3.63) is 57.3 Å². The summed E-state index contributed by atoms with van der Waals surface area (Å²) in [6, 6.07) is 9.11. The van der Waals surface area contributed by atoms with Gasteiger partial charge in [-0.3, -0.25) is 0 Å². The maximum atomic E-state index is 13.5. The van der Waals surface area contributed by atoms with E-state index >= 15 is 0 Å². The van der Waals surface area contributed by atoms with Crippen molar-refractivity contribution in [1.82, 2.24) is 0 Å². The summed E-state index contributed by atoms with van der Waals surface area (Å²) in [6.07, 6.45) is 0. The Morgan fingerprint density at radius 2 is 1.95 bits per heavy atom. The van der Waals surface area contributed by atoms with E-state index < -0.39 is 18.2 Å². The third kappa shape index (κ3) is 4.54. The number of alkyl halides is 2. The molecule has 0 bridgehead atoms. The number of nitrogens with one attached hydrogen (secondary N) is 1. The minimum atomic E-state index is -3.05. The molecule has 2 aromatic carbocycles. The summed E-state index contributed by atoms with van der Waals surface area (Å²) in [5, 5.41) is 3.58. The normalized spacial score (nSPS) is 10.8. The summed E-state index contributed by atoms with van der Waals surface area (Å²) in [5.41, 5.74) is 1.39. The average Bonchev–Trinajstić information content (AvgIpc) is 2.42. The van der Waals surface area contributed by atoms with Crippen molar-refractivity contribution in [1.29, 1.82) is 0 Å². The van der Waals surface area contributed by atoms with E-state index in [0.717, 1.165) is 22.2 Å². The highest BCUT2D eigenvalue weighted by Gasteiger charge is 2.10. The number of ether oxygens (including phenoxy) is 1. The summed E-state index contributed by atoms with van der Waals surface area (Å²) in [6.45, 7) is -2.62. The third-order valence-electron chi connectivity index (χ3n) is 2.63. The van der Waals surface area contributed by atoms with Gasteiger partial charge in [0.1, 0.15) is 0 Å². The largest absolute Gasteiger partial charge is 0.432 e. The molecule has 0 saturated heterocycles. The molecule has 1 N–H and O–H groups in total. The Hall–Kier alpha value is -1.40. The fraction of sp³-hybridized carbons (Fsp3) is 0.143. The molecule has 0 aromatic heterocycles. The smallest absolute Gasteiger partial charge is 0.387 e. The molecule has 0 aliphatic rings. The van der Waals surface area contributed by atoms with Gasteiger partial charge in [0.25, 0.3) is 0 Å². The lowest BCUT2D eigenvalue weighted by atomic mass is 10.2. The van der Waals surface area contributed by atoms with E-state index in [9.17, 15) is 13.2 Å². The summed E-state index contributed by atoms with van der Waals surface area (Å²) in [7, 11) is 0. The van der Waals surface area contributed by atoms with Gasteiger partial charge in [-0.15, -0.1) is 0 Å². The molecular weight excluding hydrogens is 371 g/mol. The van der Waals surface area contributed by atoms with Crippen molar-refractivity contribution in [2.24, 2.45) is 0 Å². The van der Waals surface area contributed by atoms with Gasteiger partial charge in [0.2, 0.25) is 0 Å². The van der Waals surface area contributed by atoms with Crippen LogP contribution in [-0.4, -0.2) is 6.61 Å². The van der Waals surface area contributed by atoms with Crippen molar-refractivity contribution in [3.8, 4) is 5.75 Å². The number of halogens is 5. The van der Waals surface area contributed by atoms with Crippen LogP contribution in [0.25, 0.3) is 0 Å². The zero-order valence-electron chi connectivity index (χ0n) is 10.5. The van der Waals surface area contributed by atoms with Gasteiger partial charge < -0.3 is 10.1 Å². The van der Waals surface area contributed by atoms with E-state index in [0.29, 0.717) is 17.3 Å². The maximum absolute atomic E-state index is 13.5. The highest BCUT2D eigenvalue weighted by molar-refractivity contribution is 9.10. The lowest BCUT2D eigenvalue weighted by Gasteiger charge is -2.10. The van der Waals surface area contributed by atoms with Crippen LogP contribution in [0.3, 0.4) is 0 Å². The number of anilines is 1. The molecule has 2 rings (SSSR count). The van der Waals surface area contributed by atoms with Crippen LogP contribution in [0.1, 0.15) is 5.56 Å². The van der Waals surface area contributed by atoms with Gasteiger partial charge in [0.15, 0.2) is 11.6 Å². The fourth-order valence-corrected chi connectivity index (χ4v) is 2.20. The highest BCUT2D eigenvalue weighted by Crippen LogP contribution is 2.25. The first-order chi connectivity index (χ1) is 9.95. The molecule has 0 radical (unpaired) electrons. The molecule has 0 saturated carbocycles. The van der Waals surface area contributed by atoms with Crippen LogP contribution >= 0.6 is 27.5 Å². The van der Waals surface area contributed by atoms with E-state index in [1.807, 2.05) is 12.1 Å². The zero-order valence-corrected chi connectivity index (χ0v) is 12.9. The molecule has 2 nitrogen and oxygen atoms in total. The predicted octanol–water partition coefficient (Wildman–Crippen LogP) is 5.46. The number of rotatable bonds is 5. The minimum Gasteiger partial charge on any atom is -0.432 e. The van der Waals surface area contributed by atoms with Crippen molar-refractivity contribution in [2.75, 3.05) is 5.32 Å². The molecule has 0 heterocycles. The predicted molar refractivity (Wildman–Crippen MR) is 79.5 cm³/mol. The van der Waals surface area contributed by atoms with Gasteiger partial charge in [-0.2, -0.15) is 8.78 Å². The van der Waals surface area contributed by atoms with Crippen LogP contribution in [0.4, 0.5) is 18.9 Å². The van der Waals surface area contributed by atoms with E-state index in [-0.39, 0.29) is 0 Å². The first-order valence-electron chi connectivity index (χ1n) is 5.88. The second kappa shape index (κ2) is 7.04. The Morgan fingerprint density at radius 3 is 2.57 bits per heavy atom. The molecule has 7 heteroatoms. The standard InChI is InChI=1S/C14H10BrClF3NO/c15-10-5-8(1-3-11(10)16)7-20-9-2-4-13(12(17)6-9)21-14(18)19/h1-6,14,20H,7H2. The summed E-state index contributed by atoms with van der Waals surface area (Å²) in [5.74, 6) is -1.33. The van der Waals surface area contributed by atoms with Gasteiger partial charge in [0.05, 0.1) is 5.02 Å². The molecule has 0 aliphatic heterocycles. The Labute approximate surface area is 133 Å². The number of hydrogen-bond donors (Lipinski definition) is 1. The van der Waals surface area contributed by atoms with Crippen LogP contribution in [0.5, 0.6) is 5.75 Å². The minimum absolute atomic E-state index is 0.435. The first-order valence-corrected chi connectivity index (χ1v) is 7.05. The van der Waals surface area contributed by atoms with Crippen LogP contribution < -0.4 is 10.1 Å². The van der Waals surface area contributed by atoms with Gasteiger partial charge in [-0.25, -0.2) is 4.39 Å². The molecule has 2 aromatic rings. The van der Waals surface area contributed by atoms with E-state index in [2.05, 4.69) is 26.0 Å². The lowest BCUT2D eigenvalue weighted by Crippen LogP contribution is -2.05. The van der Waals surface area contributed by atoms with E-state index in [1.54, 1.807) is 6.07 Å². The van der Waals surface area contributed by atoms with Crippen LogP contribution in [0, 0.1) is 5.82 Å². The summed E-state index contributed by atoms with van der Waals surface area (Å²) >= 11 is 9.19. The molecule has 0 fully saturated rings. The van der Waals surface area contributed by atoms with Crippen molar-refractivity contribution in [3.63, 3.8) is 0 Å². The average molecular weight is 381 g/mol. The van der Waals surface area contributed by atoms with Crippen molar-refractivity contribution >= 4 is 33.2 Å². The third-order valence-corrected chi connectivity index (χ3v) is 3.84. The first kappa shape index (κ1) is 16.0. The van der Waals surface area contributed by atoms with Gasteiger partial charge in [-0.1, -0.05) is 17.7 Å². The monoisotopic (exact) mass is 379 g/mol. The maximum Gasteiger partial charge on any atom is 0.387 e. The molecule has 0 spiro atoms. The second-order valence-electron chi connectivity index (χ2n) is 4.13. The number of hydrogen-bond acceptors (Lipinski definition) is 2. The Morgan fingerprint density at radius 1 is 1.19 bits per heavy atom. The van der Waals surface area contributed by atoms with Crippen molar-refractivity contribution < 1.29 is 17.9 Å². The summed E-state index contributed by atoms with van der Waals surface area (Å²) in [4.78, 5) is 0. The number of benzene rings is 2. The fourth-order valence-electron chi connectivity index (χ4n) is 1.66. The zero-order chi connectivity index (χ0) is 15.4. The second-order valence-corrected chi connectivity index (χ2v) is 5.39. The molecule has 0 amide bonds. The molecule has 0 unspecified atom stereocenters. The SMILES string of the molecule is Fc1cc(NCc2ccc(Cl)c(Br)c2)ccc1OC(F)F. The van der Waals surface area contributed by atoms with Gasteiger partial charge in [0, 0.05) is 22.8 Å². The topological polar surface area (TPSA) is 21.3 Å². The van der Waals surface area contributed by atoms with Gasteiger partial charge in [-0.05, 0) is 45.8 Å². The van der Waals surface area contributed by atoms with Crippen molar-refractivity contribution in [2.45, 2.75) is 13.2 Å². The van der Waals surface area contributed by atoms with Crippen LogP contribution in [0.2, 0.25) is 5.02 Å². The van der Waals surface area contributed by atoms with E-state index in [4.69, 9.17) is 11.6 Å².